The van der Waals surface area contributed by atoms with Crippen LogP contribution in [0.1, 0.15) is 19.0 Å². The van der Waals surface area contributed by atoms with Gasteiger partial charge in [-0.3, -0.25) is 0 Å². The normalized spacial score (nSPS) is 10.7. The summed E-state index contributed by atoms with van der Waals surface area (Å²) in [6.07, 6.45) is 1.05. The Bertz CT molecular complexity index is 634. The van der Waals surface area contributed by atoms with Gasteiger partial charge in [-0.25, -0.2) is 9.97 Å². The number of hydrogen-bond acceptors (Lipinski definition) is 3. The van der Waals surface area contributed by atoms with Gasteiger partial charge < -0.3 is 5.32 Å². The number of nitrogens with zero attached hydrogens (tertiary/aromatic N) is 2. The van der Waals surface area contributed by atoms with Crippen LogP contribution in [-0.4, -0.2) is 16.5 Å². The molecule has 1 aromatic carbocycles. The number of rotatable bonds is 4. The Labute approximate surface area is 145 Å². The minimum absolute atomic E-state index is 0.672. The summed E-state index contributed by atoms with van der Waals surface area (Å²) >= 11 is 11.9. The van der Waals surface area contributed by atoms with Gasteiger partial charge in [0.1, 0.15) is 5.82 Å². The molecule has 0 aliphatic carbocycles. The number of anilines is 1. The lowest BCUT2D eigenvalue weighted by Crippen LogP contribution is -2.07. The van der Waals surface area contributed by atoms with Crippen molar-refractivity contribution in [2.45, 2.75) is 20.3 Å². The molecule has 20 heavy (non-hydrogen) atoms. The zero-order chi connectivity index (χ0) is 14.7. The van der Waals surface area contributed by atoms with Crippen molar-refractivity contribution < 1.29 is 0 Å². The van der Waals surface area contributed by atoms with Crippen LogP contribution in [-0.2, 0) is 0 Å². The summed E-state index contributed by atoms with van der Waals surface area (Å²) < 4.78 is 1.99. The second kappa shape index (κ2) is 7.04. The zero-order valence-electron chi connectivity index (χ0n) is 11.2. The van der Waals surface area contributed by atoms with E-state index in [0.29, 0.717) is 10.8 Å². The maximum absolute atomic E-state index is 6.07. The van der Waals surface area contributed by atoms with Crippen LogP contribution >= 0.6 is 50.1 Å². The van der Waals surface area contributed by atoms with Gasteiger partial charge in [0.05, 0.1) is 9.26 Å². The number of benzene rings is 1. The van der Waals surface area contributed by atoms with Crippen LogP contribution in [0.5, 0.6) is 0 Å². The minimum atomic E-state index is 0.672. The van der Waals surface area contributed by atoms with Crippen LogP contribution < -0.4 is 5.32 Å². The van der Waals surface area contributed by atoms with Crippen LogP contribution in [0.25, 0.3) is 11.4 Å². The van der Waals surface area contributed by atoms with Crippen molar-refractivity contribution >= 4 is 55.9 Å². The van der Waals surface area contributed by atoms with Gasteiger partial charge in [0.2, 0.25) is 0 Å². The minimum Gasteiger partial charge on any atom is -0.369 e. The van der Waals surface area contributed by atoms with E-state index in [4.69, 9.17) is 11.6 Å². The van der Waals surface area contributed by atoms with E-state index in [1.54, 1.807) is 0 Å². The topological polar surface area (TPSA) is 37.8 Å². The Morgan fingerprint density at radius 1 is 1.35 bits per heavy atom. The van der Waals surface area contributed by atoms with Crippen LogP contribution in [0, 0.1) is 10.5 Å². The van der Waals surface area contributed by atoms with Crippen LogP contribution in [0.4, 0.5) is 5.82 Å². The molecule has 3 nitrogen and oxygen atoms in total. The zero-order valence-corrected chi connectivity index (χ0v) is 15.7. The smallest absolute Gasteiger partial charge is 0.163 e. The monoisotopic (exact) mass is 465 g/mol. The van der Waals surface area contributed by atoms with E-state index >= 15 is 0 Å². The maximum Gasteiger partial charge on any atom is 0.163 e. The third-order valence-corrected chi connectivity index (χ3v) is 4.95. The van der Waals surface area contributed by atoms with Crippen molar-refractivity contribution in [1.82, 2.24) is 9.97 Å². The van der Waals surface area contributed by atoms with Gasteiger partial charge >= 0.3 is 0 Å². The molecule has 0 saturated carbocycles. The standard InChI is InChI=1S/C14H14BrClIN3/c1-3-6-18-14-12(17)8(2)19-13(20-14)10-7-9(16)4-5-11(10)15/h4-5,7H,3,6H2,1-2H3,(H,18,19,20). The Hall–Kier alpha value is -0.400. The molecule has 6 heteroatoms. The average molecular weight is 467 g/mol. The van der Waals surface area contributed by atoms with Crippen molar-refractivity contribution in [3.8, 4) is 11.4 Å². The van der Waals surface area contributed by atoms with Crippen LogP contribution in [0.2, 0.25) is 5.02 Å². The molecule has 0 saturated heterocycles. The molecule has 1 N–H and O–H groups in total. The highest BCUT2D eigenvalue weighted by molar-refractivity contribution is 14.1. The predicted molar refractivity (Wildman–Crippen MR) is 96.4 cm³/mol. The lowest BCUT2D eigenvalue weighted by atomic mass is 10.2. The molecule has 0 unspecified atom stereocenters. The summed E-state index contributed by atoms with van der Waals surface area (Å²) in [4.78, 5) is 9.19. The lowest BCUT2D eigenvalue weighted by Gasteiger charge is -2.12. The highest BCUT2D eigenvalue weighted by atomic mass is 127. The number of nitrogens with one attached hydrogen (secondary N) is 1. The molecule has 1 heterocycles. The highest BCUT2D eigenvalue weighted by Gasteiger charge is 2.13. The fourth-order valence-electron chi connectivity index (χ4n) is 1.71. The fourth-order valence-corrected chi connectivity index (χ4v) is 2.74. The first-order valence-corrected chi connectivity index (χ1v) is 8.51. The summed E-state index contributed by atoms with van der Waals surface area (Å²) in [5.74, 6) is 1.55. The first-order chi connectivity index (χ1) is 9.52. The van der Waals surface area contributed by atoms with Gasteiger partial charge in [-0.05, 0) is 54.1 Å². The summed E-state index contributed by atoms with van der Waals surface area (Å²) in [6.45, 7) is 5.01. The molecule has 0 fully saturated rings. The van der Waals surface area contributed by atoms with Gasteiger partial charge in [0.25, 0.3) is 0 Å². The molecule has 2 rings (SSSR count). The molecule has 106 valence electrons. The molecular formula is C14H14BrClIN3. The van der Waals surface area contributed by atoms with Gasteiger partial charge in [0, 0.05) is 21.6 Å². The number of aromatic nitrogens is 2. The third kappa shape index (κ3) is 3.62. The van der Waals surface area contributed by atoms with Crippen LogP contribution in [0.15, 0.2) is 22.7 Å². The maximum atomic E-state index is 6.07. The molecule has 0 radical (unpaired) electrons. The molecule has 0 spiro atoms. The molecule has 0 aliphatic rings. The summed E-state index contributed by atoms with van der Waals surface area (Å²) in [5, 5.41) is 4.01. The quantitative estimate of drug-likeness (QED) is 0.622. The molecule has 0 atom stereocenters. The average Bonchev–Trinajstić information content (AvgIpc) is 2.43. The van der Waals surface area contributed by atoms with E-state index in [-0.39, 0.29) is 0 Å². The summed E-state index contributed by atoms with van der Waals surface area (Å²) in [6, 6.07) is 5.62. The number of hydrogen-bond donors (Lipinski definition) is 1. The lowest BCUT2D eigenvalue weighted by molar-refractivity contribution is 0.958. The Balaban J connectivity index is 2.51. The van der Waals surface area contributed by atoms with Crippen molar-refractivity contribution in [3.63, 3.8) is 0 Å². The van der Waals surface area contributed by atoms with E-state index in [1.807, 2.05) is 25.1 Å². The van der Waals surface area contributed by atoms with E-state index in [2.05, 4.69) is 60.7 Å². The second-order valence-corrected chi connectivity index (χ2v) is 6.72. The molecule has 0 amide bonds. The number of aryl methyl sites for hydroxylation is 1. The molecule has 1 aromatic heterocycles. The molecule has 0 bridgehead atoms. The van der Waals surface area contributed by atoms with Crippen molar-refractivity contribution in [1.29, 1.82) is 0 Å². The summed E-state index contributed by atoms with van der Waals surface area (Å²) in [7, 11) is 0. The van der Waals surface area contributed by atoms with Crippen molar-refractivity contribution in [3.05, 3.63) is 37.0 Å². The van der Waals surface area contributed by atoms with Crippen LogP contribution in [0.3, 0.4) is 0 Å². The molecular weight excluding hydrogens is 452 g/mol. The second-order valence-electron chi connectivity index (χ2n) is 4.35. The Kier molecular flexibility index (Phi) is 5.63. The first-order valence-electron chi connectivity index (χ1n) is 6.26. The van der Waals surface area contributed by atoms with Crippen molar-refractivity contribution in [2.24, 2.45) is 0 Å². The Morgan fingerprint density at radius 3 is 2.80 bits per heavy atom. The molecule has 0 aliphatic heterocycles. The molecule has 2 aromatic rings. The third-order valence-electron chi connectivity index (χ3n) is 2.73. The first kappa shape index (κ1) is 16.0. The van der Waals surface area contributed by atoms with Crippen molar-refractivity contribution in [2.75, 3.05) is 11.9 Å². The van der Waals surface area contributed by atoms with E-state index in [1.165, 1.54) is 0 Å². The van der Waals surface area contributed by atoms with E-state index < -0.39 is 0 Å². The van der Waals surface area contributed by atoms with E-state index in [9.17, 15) is 0 Å². The van der Waals surface area contributed by atoms with Gasteiger partial charge in [-0.15, -0.1) is 0 Å². The Morgan fingerprint density at radius 2 is 2.10 bits per heavy atom. The highest BCUT2D eigenvalue weighted by Crippen LogP contribution is 2.31. The van der Waals surface area contributed by atoms with Gasteiger partial charge in [-0.1, -0.05) is 34.5 Å². The summed E-state index contributed by atoms with van der Waals surface area (Å²) in [5.41, 5.74) is 1.86. The largest absolute Gasteiger partial charge is 0.369 e. The van der Waals surface area contributed by atoms with E-state index in [0.717, 1.165) is 38.1 Å². The van der Waals surface area contributed by atoms with Gasteiger partial charge in [-0.2, -0.15) is 0 Å². The fraction of sp³-hybridized carbons (Fsp3) is 0.286. The number of halogens is 3. The SMILES string of the molecule is CCCNc1nc(-c2cc(Cl)ccc2Br)nc(C)c1I. The predicted octanol–water partition coefficient (Wildman–Crippen LogP) is 5.29. The van der Waals surface area contributed by atoms with Gasteiger partial charge in [0.15, 0.2) is 5.82 Å².